The third-order valence-electron chi connectivity index (χ3n) is 1.96. The van der Waals surface area contributed by atoms with Crippen LogP contribution in [0.1, 0.15) is 13.3 Å². The molecule has 1 unspecified atom stereocenters. The molecule has 1 aliphatic heterocycles. The highest BCUT2D eigenvalue weighted by Crippen LogP contribution is 2.26. The van der Waals surface area contributed by atoms with Gasteiger partial charge in [0.05, 0.1) is 6.04 Å². The second-order valence-electron chi connectivity index (χ2n) is 2.83. The van der Waals surface area contributed by atoms with Crippen LogP contribution in [0.4, 0.5) is 8.78 Å². The first-order valence-electron chi connectivity index (χ1n) is 3.98. The quantitative estimate of drug-likeness (QED) is 0.638. The summed E-state index contributed by atoms with van der Waals surface area (Å²) in [6.45, 7) is 3.45. The van der Waals surface area contributed by atoms with E-state index >= 15 is 0 Å². The van der Waals surface area contributed by atoms with Gasteiger partial charge in [0.2, 0.25) is 0 Å². The number of hydrogen-bond donors (Lipinski definition) is 2. The van der Waals surface area contributed by atoms with Crippen LogP contribution in [0.25, 0.3) is 0 Å². The van der Waals surface area contributed by atoms with Gasteiger partial charge in [-0.2, -0.15) is 0 Å². The van der Waals surface area contributed by atoms with E-state index in [1.165, 1.54) is 0 Å². The summed E-state index contributed by atoms with van der Waals surface area (Å²) in [6, 6.07) is -0.664. The van der Waals surface area contributed by atoms with E-state index in [-0.39, 0.29) is 6.42 Å². The van der Waals surface area contributed by atoms with Crippen molar-refractivity contribution in [1.29, 1.82) is 0 Å². The molecule has 11 heavy (non-hydrogen) atoms. The zero-order valence-electron chi connectivity index (χ0n) is 6.66. The standard InChI is InChI=1S/C7H14F2N2/c1-2-10-5-6-7(8,9)3-4-11-6/h6,10-11H,2-5H2,1H3. The van der Waals surface area contributed by atoms with Crippen molar-refractivity contribution in [3.05, 3.63) is 0 Å². The van der Waals surface area contributed by atoms with Crippen LogP contribution >= 0.6 is 0 Å². The maximum absolute atomic E-state index is 12.8. The minimum absolute atomic E-state index is 0.0247. The summed E-state index contributed by atoms with van der Waals surface area (Å²) < 4.78 is 25.7. The summed E-state index contributed by atoms with van der Waals surface area (Å²) in [7, 11) is 0. The number of likely N-dealkylation sites (N-methyl/N-ethyl adjacent to an activating group) is 1. The number of alkyl halides is 2. The first-order chi connectivity index (χ1) is 5.17. The summed E-state index contributed by atoms with van der Waals surface area (Å²) >= 11 is 0. The average molecular weight is 164 g/mol. The van der Waals surface area contributed by atoms with Crippen molar-refractivity contribution in [3.8, 4) is 0 Å². The monoisotopic (exact) mass is 164 g/mol. The fourth-order valence-electron chi connectivity index (χ4n) is 1.25. The van der Waals surface area contributed by atoms with Gasteiger partial charge in [-0.3, -0.25) is 0 Å². The number of hydrogen-bond acceptors (Lipinski definition) is 2. The minimum Gasteiger partial charge on any atom is -0.315 e. The Labute approximate surface area is 65.4 Å². The topological polar surface area (TPSA) is 24.1 Å². The van der Waals surface area contributed by atoms with Gasteiger partial charge in [-0.1, -0.05) is 6.92 Å². The maximum atomic E-state index is 12.8. The lowest BCUT2D eigenvalue weighted by Gasteiger charge is -2.18. The summed E-state index contributed by atoms with van der Waals surface area (Å²) in [4.78, 5) is 0. The maximum Gasteiger partial charge on any atom is 0.265 e. The van der Waals surface area contributed by atoms with Crippen molar-refractivity contribution in [2.24, 2.45) is 0 Å². The van der Waals surface area contributed by atoms with E-state index < -0.39 is 12.0 Å². The van der Waals surface area contributed by atoms with E-state index in [4.69, 9.17) is 0 Å². The number of rotatable bonds is 3. The van der Waals surface area contributed by atoms with Crippen LogP contribution in [-0.4, -0.2) is 31.6 Å². The molecule has 0 aromatic heterocycles. The summed E-state index contributed by atoms with van der Waals surface area (Å²) in [5.41, 5.74) is 0. The highest BCUT2D eigenvalue weighted by Gasteiger charge is 2.42. The van der Waals surface area contributed by atoms with E-state index in [2.05, 4.69) is 10.6 Å². The van der Waals surface area contributed by atoms with Crippen LogP contribution in [0.2, 0.25) is 0 Å². The molecule has 0 radical (unpaired) electrons. The molecule has 0 saturated carbocycles. The fraction of sp³-hybridized carbons (Fsp3) is 1.00. The number of nitrogens with one attached hydrogen (secondary N) is 2. The summed E-state index contributed by atoms with van der Waals surface area (Å²) in [5.74, 6) is -2.51. The first-order valence-corrected chi connectivity index (χ1v) is 3.98. The van der Waals surface area contributed by atoms with E-state index in [1.54, 1.807) is 0 Å². The van der Waals surface area contributed by atoms with Gasteiger partial charge in [-0.05, 0) is 6.54 Å². The van der Waals surface area contributed by atoms with Gasteiger partial charge in [-0.25, -0.2) is 8.78 Å². The Morgan fingerprint density at radius 3 is 2.82 bits per heavy atom. The SMILES string of the molecule is CCNCC1NCCC1(F)F. The molecule has 1 aliphatic rings. The Balaban J connectivity index is 2.32. The summed E-state index contributed by atoms with van der Waals surface area (Å²) in [6.07, 6.45) is -0.0247. The Kier molecular flexibility index (Phi) is 2.78. The molecule has 2 nitrogen and oxygen atoms in total. The van der Waals surface area contributed by atoms with Crippen molar-refractivity contribution in [1.82, 2.24) is 10.6 Å². The zero-order valence-corrected chi connectivity index (χ0v) is 6.66. The van der Waals surface area contributed by atoms with E-state index in [9.17, 15) is 8.78 Å². The minimum atomic E-state index is -2.51. The molecule has 1 fully saturated rings. The second-order valence-corrected chi connectivity index (χ2v) is 2.83. The lowest BCUT2D eigenvalue weighted by molar-refractivity contribution is -0.0102. The number of halogens is 2. The van der Waals surface area contributed by atoms with Crippen LogP contribution in [0, 0.1) is 0 Å². The van der Waals surface area contributed by atoms with E-state index in [0.717, 1.165) is 6.54 Å². The van der Waals surface area contributed by atoms with Crippen molar-refractivity contribution in [2.75, 3.05) is 19.6 Å². The molecule has 0 amide bonds. The van der Waals surface area contributed by atoms with Crippen molar-refractivity contribution < 1.29 is 8.78 Å². The molecule has 0 spiro atoms. The average Bonchev–Trinajstić information content (AvgIpc) is 2.25. The first kappa shape index (κ1) is 8.87. The van der Waals surface area contributed by atoms with Gasteiger partial charge < -0.3 is 10.6 Å². The Morgan fingerprint density at radius 2 is 2.36 bits per heavy atom. The van der Waals surface area contributed by atoms with Crippen molar-refractivity contribution in [3.63, 3.8) is 0 Å². The van der Waals surface area contributed by atoms with Crippen LogP contribution < -0.4 is 10.6 Å². The van der Waals surface area contributed by atoms with Crippen LogP contribution in [0.3, 0.4) is 0 Å². The molecular weight excluding hydrogens is 150 g/mol. The highest BCUT2D eigenvalue weighted by atomic mass is 19.3. The molecule has 0 aromatic carbocycles. The highest BCUT2D eigenvalue weighted by molar-refractivity contribution is 4.91. The Hall–Kier alpha value is -0.220. The van der Waals surface area contributed by atoms with Crippen LogP contribution in [-0.2, 0) is 0 Å². The Bertz CT molecular complexity index is 128. The normalized spacial score (nSPS) is 29.2. The molecule has 0 aliphatic carbocycles. The smallest absolute Gasteiger partial charge is 0.265 e. The molecule has 1 heterocycles. The largest absolute Gasteiger partial charge is 0.315 e. The van der Waals surface area contributed by atoms with Crippen LogP contribution in [0.5, 0.6) is 0 Å². The van der Waals surface area contributed by atoms with Crippen LogP contribution in [0.15, 0.2) is 0 Å². The molecule has 1 atom stereocenters. The van der Waals surface area contributed by atoms with Crippen molar-refractivity contribution >= 4 is 0 Å². The predicted molar refractivity (Wildman–Crippen MR) is 39.9 cm³/mol. The zero-order chi connectivity index (χ0) is 8.32. The van der Waals surface area contributed by atoms with Gasteiger partial charge in [-0.15, -0.1) is 0 Å². The molecule has 0 aromatic rings. The van der Waals surface area contributed by atoms with Gasteiger partial charge in [0.15, 0.2) is 0 Å². The third kappa shape index (κ3) is 2.10. The molecule has 1 saturated heterocycles. The second kappa shape index (κ2) is 3.45. The third-order valence-corrected chi connectivity index (χ3v) is 1.96. The molecule has 0 bridgehead atoms. The summed E-state index contributed by atoms with van der Waals surface area (Å²) in [5, 5.41) is 5.67. The van der Waals surface area contributed by atoms with Gasteiger partial charge in [0.25, 0.3) is 5.92 Å². The Morgan fingerprint density at radius 1 is 1.64 bits per heavy atom. The molecule has 2 N–H and O–H groups in total. The van der Waals surface area contributed by atoms with E-state index in [1.807, 2.05) is 6.92 Å². The lowest BCUT2D eigenvalue weighted by atomic mass is 10.1. The molecule has 66 valence electrons. The van der Waals surface area contributed by atoms with Gasteiger partial charge >= 0.3 is 0 Å². The van der Waals surface area contributed by atoms with Crippen molar-refractivity contribution in [2.45, 2.75) is 25.3 Å². The van der Waals surface area contributed by atoms with Gasteiger partial charge in [0, 0.05) is 19.5 Å². The predicted octanol–water partition coefficient (Wildman–Crippen LogP) is 0.593. The van der Waals surface area contributed by atoms with Gasteiger partial charge in [0.1, 0.15) is 0 Å². The van der Waals surface area contributed by atoms with E-state index in [0.29, 0.717) is 13.1 Å². The molecular formula is C7H14F2N2. The lowest BCUT2D eigenvalue weighted by Crippen LogP contribution is -2.43. The molecule has 4 heteroatoms. The molecule has 1 rings (SSSR count). The fourth-order valence-corrected chi connectivity index (χ4v) is 1.25.